The summed E-state index contributed by atoms with van der Waals surface area (Å²) < 4.78 is 26.8. The van der Waals surface area contributed by atoms with Gasteiger partial charge < -0.3 is 10.2 Å². The molecule has 2 aromatic rings. The van der Waals surface area contributed by atoms with Gasteiger partial charge in [0.25, 0.3) is 0 Å². The summed E-state index contributed by atoms with van der Waals surface area (Å²) in [4.78, 5) is 27.6. The molecule has 0 aliphatic heterocycles. The molecule has 0 spiro atoms. The summed E-state index contributed by atoms with van der Waals surface area (Å²) in [5.74, 6) is -0.687. The van der Waals surface area contributed by atoms with Gasteiger partial charge in [0.2, 0.25) is 21.8 Å². The van der Waals surface area contributed by atoms with Gasteiger partial charge in [0.15, 0.2) is 0 Å². The maximum absolute atomic E-state index is 13.4. The molecule has 2 amide bonds. The fraction of sp³-hybridized carbons (Fsp3) is 0.417. The monoisotopic (exact) mass is 537 g/mol. The van der Waals surface area contributed by atoms with Gasteiger partial charge >= 0.3 is 0 Å². The zero-order valence-electron chi connectivity index (χ0n) is 19.3. The Kier molecular flexibility index (Phi) is 10.4. The molecule has 1 atom stereocenters. The lowest BCUT2D eigenvalue weighted by atomic mass is 10.1. The highest BCUT2D eigenvalue weighted by Gasteiger charge is 2.29. The molecule has 0 radical (unpaired) electrons. The number of nitrogens with one attached hydrogen (secondary N) is 1. The van der Waals surface area contributed by atoms with Crippen LogP contribution in [0.3, 0.4) is 0 Å². The lowest BCUT2D eigenvalue weighted by molar-refractivity contribution is -0.138. The molecule has 0 aliphatic carbocycles. The summed E-state index contributed by atoms with van der Waals surface area (Å²) in [6, 6.07) is 15.7. The molecule has 9 heteroatoms. The molecule has 33 heavy (non-hydrogen) atoms. The number of hydrogen-bond acceptors (Lipinski definition) is 4. The Morgan fingerprint density at radius 3 is 2.39 bits per heavy atom. The zero-order chi connectivity index (χ0) is 24.4. The zero-order valence-corrected chi connectivity index (χ0v) is 21.7. The Morgan fingerprint density at radius 1 is 1.09 bits per heavy atom. The molecule has 0 aromatic heterocycles. The van der Waals surface area contributed by atoms with Gasteiger partial charge in [0, 0.05) is 17.6 Å². The van der Waals surface area contributed by atoms with E-state index >= 15 is 0 Å². The van der Waals surface area contributed by atoms with Gasteiger partial charge in [0.05, 0.1) is 11.9 Å². The number of unbranched alkanes of at least 4 members (excludes halogenated alkanes) is 1. The molecule has 180 valence electrons. The van der Waals surface area contributed by atoms with Gasteiger partial charge in [-0.05, 0) is 43.5 Å². The van der Waals surface area contributed by atoms with Crippen LogP contribution < -0.4 is 9.62 Å². The van der Waals surface area contributed by atoms with E-state index < -0.39 is 28.5 Å². The van der Waals surface area contributed by atoms with Crippen LogP contribution >= 0.6 is 15.9 Å². The Morgan fingerprint density at radius 2 is 1.79 bits per heavy atom. The molecule has 7 nitrogen and oxygen atoms in total. The Hall–Kier alpha value is -2.39. The lowest BCUT2D eigenvalue weighted by Crippen LogP contribution is -2.52. The van der Waals surface area contributed by atoms with Crippen LogP contribution in [0.1, 0.15) is 32.3 Å². The normalized spacial score (nSPS) is 12.1. The molecule has 0 fully saturated rings. The van der Waals surface area contributed by atoms with E-state index in [2.05, 4.69) is 21.2 Å². The third kappa shape index (κ3) is 8.47. The number of carbonyl (C=O) groups is 2. The Balaban J connectivity index is 2.26. The molecule has 1 N–H and O–H groups in total. The smallest absolute Gasteiger partial charge is 0.244 e. The van der Waals surface area contributed by atoms with Crippen molar-refractivity contribution in [3.05, 3.63) is 64.6 Å². The first-order chi connectivity index (χ1) is 15.6. The van der Waals surface area contributed by atoms with Crippen molar-refractivity contribution in [1.82, 2.24) is 10.2 Å². The van der Waals surface area contributed by atoms with Crippen LogP contribution in [0.4, 0.5) is 5.69 Å². The van der Waals surface area contributed by atoms with Crippen LogP contribution in [0.15, 0.2) is 59.1 Å². The van der Waals surface area contributed by atoms with Crippen LogP contribution in [-0.2, 0) is 26.0 Å². The highest BCUT2D eigenvalue weighted by molar-refractivity contribution is 9.10. The average Bonchev–Trinajstić information content (AvgIpc) is 2.77. The van der Waals surface area contributed by atoms with Crippen LogP contribution in [0.2, 0.25) is 0 Å². The number of halogens is 1. The van der Waals surface area contributed by atoms with Crippen molar-refractivity contribution in [2.75, 3.05) is 30.2 Å². The van der Waals surface area contributed by atoms with E-state index in [9.17, 15) is 18.0 Å². The first-order valence-electron chi connectivity index (χ1n) is 11.0. The molecular weight excluding hydrogens is 506 g/mol. The summed E-state index contributed by atoms with van der Waals surface area (Å²) in [6.45, 7) is 4.15. The molecule has 0 saturated carbocycles. The topological polar surface area (TPSA) is 86.8 Å². The summed E-state index contributed by atoms with van der Waals surface area (Å²) in [7, 11) is -3.73. The minimum absolute atomic E-state index is 0.252. The fourth-order valence-electron chi connectivity index (χ4n) is 3.35. The van der Waals surface area contributed by atoms with Crippen molar-refractivity contribution < 1.29 is 18.0 Å². The number of anilines is 1. The van der Waals surface area contributed by atoms with Gasteiger partial charge in [-0.25, -0.2) is 8.42 Å². The second-order valence-corrected chi connectivity index (χ2v) is 10.7. The largest absolute Gasteiger partial charge is 0.354 e. The predicted octanol–water partition coefficient (Wildman–Crippen LogP) is 3.59. The summed E-state index contributed by atoms with van der Waals surface area (Å²) in [5.41, 5.74) is 1.41. The van der Waals surface area contributed by atoms with Crippen LogP contribution in [0.25, 0.3) is 0 Å². The summed E-state index contributed by atoms with van der Waals surface area (Å²) >= 11 is 3.35. The molecule has 0 bridgehead atoms. The van der Waals surface area contributed by atoms with Crippen molar-refractivity contribution in [2.45, 2.75) is 39.2 Å². The minimum Gasteiger partial charge on any atom is -0.354 e. The van der Waals surface area contributed by atoms with E-state index in [0.29, 0.717) is 29.7 Å². The third-order valence-corrected chi connectivity index (χ3v) is 6.89. The molecular formula is C24H32BrN3O4S. The van der Waals surface area contributed by atoms with E-state index in [1.54, 1.807) is 31.2 Å². The minimum atomic E-state index is -3.73. The van der Waals surface area contributed by atoms with Gasteiger partial charge in [-0.2, -0.15) is 0 Å². The standard InChI is InChI=1S/C24H32BrN3O4S/c1-4-5-15-26-24(30)19(2)27(16-14-20-10-7-6-8-11-20)23(29)18-28(33(3,31)32)22-13-9-12-21(25)17-22/h6-13,17,19H,4-5,14-16,18H2,1-3H3,(H,26,30)/t19-/m1/s1. The van der Waals surface area contributed by atoms with E-state index in [0.717, 1.165) is 29.0 Å². The average molecular weight is 539 g/mol. The Labute approximate surface area is 205 Å². The first-order valence-corrected chi connectivity index (χ1v) is 13.6. The van der Waals surface area contributed by atoms with Gasteiger partial charge in [0.1, 0.15) is 12.6 Å². The van der Waals surface area contributed by atoms with Crippen molar-refractivity contribution in [3.8, 4) is 0 Å². The predicted molar refractivity (Wildman–Crippen MR) is 136 cm³/mol. The molecule has 2 aromatic carbocycles. The molecule has 0 heterocycles. The highest BCUT2D eigenvalue weighted by Crippen LogP contribution is 2.22. The number of rotatable bonds is 12. The van der Waals surface area contributed by atoms with Crippen LogP contribution in [0, 0.1) is 0 Å². The lowest BCUT2D eigenvalue weighted by Gasteiger charge is -2.31. The first kappa shape index (κ1) is 26.9. The number of hydrogen-bond donors (Lipinski definition) is 1. The van der Waals surface area contributed by atoms with Crippen molar-refractivity contribution in [3.63, 3.8) is 0 Å². The maximum atomic E-state index is 13.4. The van der Waals surface area contributed by atoms with Crippen molar-refractivity contribution >= 4 is 43.5 Å². The SMILES string of the molecule is CCCCNC(=O)[C@@H](C)N(CCc1ccccc1)C(=O)CN(c1cccc(Br)c1)S(C)(=O)=O. The molecule has 0 aliphatic rings. The van der Waals surface area contributed by atoms with Gasteiger partial charge in [-0.3, -0.25) is 13.9 Å². The number of sulfonamides is 1. The second kappa shape index (κ2) is 12.7. The van der Waals surface area contributed by atoms with E-state index in [1.807, 2.05) is 37.3 Å². The fourth-order valence-corrected chi connectivity index (χ4v) is 4.58. The molecule has 2 rings (SSSR count). The summed E-state index contributed by atoms with van der Waals surface area (Å²) in [5, 5.41) is 2.87. The number of benzene rings is 2. The van der Waals surface area contributed by atoms with Crippen molar-refractivity contribution in [1.29, 1.82) is 0 Å². The van der Waals surface area contributed by atoms with E-state index in [-0.39, 0.29) is 5.91 Å². The van der Waals surface area contributed by atoms with E-state index in [4.69, 9.17) is 0 Å². The number of carbonyl (C=O) groups excluding carboxylic acids is 2. The molecule has 0 unspecified atom stereocenters. The quantitative estimate of drug-likeness (QED) is 0.419. The van der Waals surface area contributed by atoms with E-state index in [1.165, 1.54) is 4.90 Å². The number of nitrogens with zero attached hydrogens (tertiary/aromatic N) is 2. The highest BCUT2D eigenvalue weighted by atomic mass is 79.9. The molecule has 0 saturated heterocycles. The number of amides is 2. The van der Waals surface area contributed by atoms with Gasteiger partial charge in [-0.15, -0.1) is 0 Å². The van der Waals surface area contributed by atoms with Crippen LogP contribution in [-0.4, -0.2) is 57.1 Å². The summed E-state index contributed by atoms with van der Waals surface area (Å²) in [6.07, 6.45) is 3.41. The third-order valence-electron chi connectivity index (χ3n) is 5.26. The van der Waals surface area contributed by atoms with Crippen molar-refractivity contribution in [2.24, 2.45) is 0 Å². The Bertz CT molecular complexity index is 1030. The van der Waals surface area contributed by atoms with Crippen LogP contribution in [0.5, 0.6) is 0 Å². The van der Waals surface area contributed by atoms with Gasteiger partial charge in [-0.1, -0.05) is 65.7 Å². The second-order valence-electron chi connectivity index (χ2n) is 7.89. The maximum Gasteiger partial charge on any atom is 0.244 e.